The van der Waals surface area contributed by atoms with Crippen molar-refractivity contribution < 1.29 is 9.59 Å². The minimum absolute atomic E-state index is 0.178. The van der Waals surface area contributed by atoms with Crippen molar-refractivity contribution in [3.63, 3.8) is 0 Å². The van der Waals surface area contributed by atoms with Crippen LogP contribution in [0.4, 0.5) is 11.4 Å². The van der Waals surface area contributed by atoms with E-state index >= 15 is 0 Å². The van der Waals surface area contributed by atoms with Gasteiger partial charge >= 0.3 is 0 Å². The highest BCUT2D eigenvalue weighted by atomic mass is 35.5. The van der Waals surface area contributed by atoms with Crippen LogP contribution >= 0.6 is 46.6 Å². The number of imide groups is 1. The molecule has 1 aliphatic rings. The Morgan fingerprint density at radius 3 is 2.00 bits per heavy atom. The number of rotatable bonds is 5. The molecule has 0 fully saturated rings. The van der Waals surface area contributed by atoms with Crippen LogP contribution in [0.2, 0.25) is 15.1 Å². The van der Waals surface area contributed by atoms with Crippen LogP contribution in [-0.4, -0.2) is 11.8 Å². The standard InChI is InChI=1S/C22H13Cl3N2O2S/c23-13-4-8-17(9-5-13)27-21(28)19(26-16-3-1-2-15(25)12-16)20(22(27)29)30-18-10-6-14(24)7-11-18/h1-12,26H. The number of halogens is 3. The number of hydrogen-bond acceptors (Lipinski definition) is 4. The lowest BCUT2D eigenvalue weighted by molar-refractivity contribution is -0.120. The molecular formula is C22H13Cl3N2O2S. The number of carbonyl (C=O) groups is 2. The molecule has 8 heteroatoms. The first-order valence-electron chi connectivity index (χ1n) is 8.77. The number of benzene rings is 3. The maximum Gasteiger partial charge on any atom is 0.283 e. The molecule has 0 unspecified atom stereocenters. The molecule has 0 spiro atoms. The Labute approximate surface area is 192 Å². The fourth-order valence-corrected chi connectivity index (χ4v) is 4.24. The van der Waals surface area contributed by atoms with Crippen molar-refractivity contribution in [2.45, 2.75) is 4.90 Å². The lowest BCUT2D eigenvalue weighted by Gasteiger charge is -2.15. The van der Waals surface area contributed by atoms with Gasteiger partial charge in [-0.05, 0) is 66.7 Å². The minimum Gasteiger partial charge on any atom is -0.350 e. The van der Waals surface area contributed by atoms with Gasteiger partial charge in [-0.25, -0.2) is 4.90 Å². The molecule has 0 atom stereocenters. The van der Waals surface area contributed by atoms with E-state index in [1.807, 2.05) is 0 Å². The molecule has 30 heavy (non-hydrogen) atoms. The van der Waals surface area contributed by atoms with E-state index in [1.54, 1.807) is 72.8 Å². The van der Waals surface area contributed by atoms with E-state index in [2.05, 4.69) is 5.32 Å². The second-order valence-corrected chi connectivity index (χ2v) is 8.71. The first kappa shape index (κ1) is 20.8. The van der Waals surface area contributed by atoms with Gasteiger partial charge < -0.3 is 5.32 Å². The van der Waals surface area contributed by atoms with Crippen molar-refractivity contribution in [1.82, 2.24) is 0 Å². The van der Waals surface area contributed by atoms with Crippen LogP contribution in [0.25, 0.3) is 0 Å². The summed E-state index contributed by atoms with van der Waals surface area (Å²) in [6, 6.07) is 20.5. The van der Waals surface area contributed by atoms with Crippen molar-refractivity contribution in [3.05, 3.63) is 98.5 Å². The number of thioether (sulfide) groups is 1. The Morgan fingerprint density at radius 2 is 1.37 bits per heavy atom. The summed E-state index contributed by atoms with van der Waals surface area (Å²) in [6.07, 6.45) is 0. The molecular weight excluding hydrogens is 463 g/mol. The average molecular weight is 476 g/mol. The van der Waals surface area contributed by atoms with Crippen LogP contribution in [0.3, 0.4) is 0 Å². The highest BCUT2D eigenvalue weighted by Gasteiger charge is 2.40. The summed E-state index contributed by atoms with van der Waals surface area (Å²) in [5.41, 5.74) is 1.22. The van der Waals surface area contributed by atoms with Gasteiger partial charge in [0.1, 0.15) is 10.6 Å². The van der Waals surface area contributed by atoms with Crippen molar-refractivity contribution >= 4 is 69.8 Å². The van der Waals surface area contributed by atoms with Gasteiger partial charge in [-0.1, -0.05) is 52.6 Å². The molecule has 1 aliphatic heterocycles. The van der Waals surface area contributed by atoms with Crippen LogP contribution in [-0.2, 0) is 9.59 Å². The monoisotopic (exact) mass is 474 g/mol. The second kappa shape index (κ2) is 8.74. The van der Waals surface area contributed by atoms with Crippen molar-refractivity contribution in [1.29, 1.82) is 0 Å². The van der Waals surface area contributed by atoms with E-state index in [4.69, 9.17) is 34.8 Å². The van der Waals surface area contributed by atoms with Gasteiger partial charge in [0, 0.05) is 25.7 Å². The van der Waals surface area contributed by atoms with Gasteiger partial charge in [0.15, 0.2) is 0 Å². The zero-order valence-electron chi connectivity index (χ0n) is 15.2. The van der Waals surface area contributed by atoms with Gasteiger partial charge in [-0.3, -0.25) is 9.59 Å². The summed E-state index contributed by atoms with van der Waals surface area (Å²) < 4.78 is 0. The molecule has 150 valence electrons. The Morgan fingerprint density at radius 1 is 0.733 bits per heavy atom. The van der Waals surface area contributed by atoms with Crippen LogP contribution in [0.5, 0.6) is 0 Å². The molecule has 0 saturated carbocycles. The number of carbonyl (C=O) groups excluding carboxylic acids is 2. The van der Waals surface area contributed by atoms with Gasteiger partial charge in [-0.15, -0.1) is 0 Å². The lowest BCUT2D eigenvalue weighted by atomic mass is 10.3. The topological polar surface area (TPSA) is 49.4 Å². The third-order valence-electron chi connectivity index (χ3n) is 4.25. The average Bonchev–Trinajstić information content (AvgIpc) is 2.94. The molecule has 4 rings (SSSR count). The van der Waals surface area contributed by atoms with Crippen LogP contribution in [0.1, 0.15) is 0 Å². The van der Waals surface area contributed by atoms with E-state index < -0.39 is 11.8 Å². The summed E-state index contributed by atoms with van der Waals surface area (Å²) in [4.78, 5) is 28.6. The lowest BCUT2D eigenvalue weighted by Crippen LogP contribution is -2.32. The predicted molar refractivity (Wildman–Crippen MR) is 123 cm³/mol. The number of amides is 2. The molecule has 0 saturated heterocycles. The molecule has 1 heterocycles. The second-order valence-electron chi connectivity index (χ2n) is 6.32. The minimum atomic E-state index is -0.459. The molecule has 2 amide bonds. The van der Waals surface area contributed by atoms with E-state index in [9.17, 15) is 9.59 Å². The smallest absolute Gasteiger partial charge is 0.283 e. The fraction of sp³-hybridized carbons (Fsp3) is 0. The Bertz CT molecular complexity index is 1160. The van der Waals surface area contributed by atoms with Gasteiger partial charge in [0.25, 0.3) is 11.8 Å². The quantitative estimate of drug-likeness (QED) is 0.420. The van der Waals surface area contributed by atoms with Crippen LogP contribution in [0.15, 0.2) is 88.3 Å². The number of hydrogen-bond donors (Lipinski definition) is 1. The third-order valence-corrected chi connectivity index (χ3v) is 6.08. The van der Waals surface area contributed by atoms with Gasteiger partial charge in [0.05, 0.1) is 5.69 Å². The fourth-order valence-electron chi connectivity index (χ4n) is 2.87. The van der Waals surface area contributed by atoms with Crippen molar-refractivity contribution in [2.24, 2.45) is 0 Å². The van der Waals surface area contributed by atoms with E-state index in [0.717, 1.165) is 9.80 Å². The Balaban J connectivity index is 1.74. The molecule has 1 N–H and O–H groups in total. The normalized spacial score (nSPS) is 13.9. The molecule has 0 bridgehead atoms. The zero-order valence-corrected chi connectivity index (χ0v) is 18.3. The maximum atomic E-state index is 13.2. The highest BCUT2D eigenvalue weighted by Crippen LogP contribution is 2.38. The number of anilines is 2. The van der Waals surface area contributed by atoms with E-state index in [-0.39, 0.29) is 10.6 Å². The summed E-state index contributed by atoms with van der Waals surface area (Å²) in [7, 11) is 0. The predicted octanol–water partition coefficient (Wildman–Crippen LogP) is 6.64. The van der Waals surface area contributed by atoms with Crippen LogP contribution in [0, 0.1) is 0 Å². The molecule has 0 radical (unpaired) electrons. The zero-order chi connectivity index (χ0) is 21.3. The Kier molecular flexibility index (Phi) is 6.06. The molecule has 0 aliphatic carbocycles. The molecule has 4 nitrogen and oxygen atoms in total. The van der Waals surface area contributed by atoms with E-state index in [0.29, 0.717) is 26.4 Å². The Hall–Kier alpha value is -2.44. The molecule has 0 aromatic heterocycles. The summed E-state index contributed by atoms with van der Waals surface area (Å²) >= 11 is 19.2. The SMILES string of the molecule is O=C1C(Nc2cccc(Cl)c2)=C(Sc2ccc(Cl)cc2)C(=O)N1c1ccc(Cl)cc1. The van der Waals surface area contributed by atoms with Gasteiger partial charge in [-0.2, -0.15) is 0 Å². The largest absolute Gasteiger partial charge is 0.350 e. The summed E-state index contributed by atoms with van der Waals surface area (Å²) in [5.74, 6) is -0.884. The number of nitrogens with zero attached hydrogens (tertiary/aromatic N) is 1. The van der Waals surface area contributed by atoms with Crippen molar-refractivity contribution in [3.8, 4) is 0 Å². The summed E-state index contributed by atoms with van der Waals surface area (Å²) in [5, 5.41) is 4.68. The first-order valence-corrected chi connectivity index (χ1v) is 10.7. The van der Waals surface area contributed by atoms with Gasteiger partial charge in [0.2, 0.25) is 0 Å². The van der Waals surface area contributed by atoms with Crippen molar-refractivity contribution in [2.75, 3.05) is 10.2 Å². The third kappa shape index (κ3) is 4.35. The molecule has 3 aromatic carbocycles. The molecule has 3 aromatic rings. The van der Waals surface area contributed by atoms with Crippen LogP contribution < -0.4 is 10.2 Å². The summed E-state index contributed by atoms with van der Waals surface area (Å²) in [6.45, 7) is 0. The van der Waals surface area contributed by atoms with E-state index in [1.165, 1.54) is 11.8 Å². The maximum absolute atomic E-state index is 13.2. The first-order chi connectivity index (χ1) is 14.4. The number of nitrogens with one attached hydrogen (secondary N) is 1. The highest BCUT2D eigenvalue weighted by molar-refractivity contribution is 8.04.